The van der Waals surface area contributed by atoms with Crippen molar-refractivity contribution in [2.24, 2.45) is 0 Å². The highest BCUT2D eigenvalue weighted by Gasteiger charge is 2.18. The van der Waals surface area contributed by atoms with E-state index in [0.29, 0.717) is 11.4 Å². The zero-order chi connectivity index (χ0) is 23.2. The Morgan fingerprint density at radius 3 is 1.70 bits per heavy atom. The first kappa shape index (κ1) is 22.3. The number of carbonyl (C=O) groups is 1. The van der Waals surface area contributed by atoms with Gasteiger partial charge in [-0.25, -0.2) is 13.7 Å². The lowest BCUT2D eigenvalue weighted by atomic mass is 9.97. The standard InChI is InChI=1S/C27H24N2O3S/c1-19-11-9-12-20(2)25(19)28-33(31)29-27(30)32-26-23(21-13-5-3-6-14-21)17-10-18-24(26)22-15-7-4-8-16-22/h3-18,28H,1-2H3,(H,29,30). The van der Waals surface area contributed by atoms with Crippen LogP contribution in [0, 0.1) is 13.8 Å². The van der Waals surface area contributed by atoms with Crippen molar-refractivity contribution in [1.29, 1.82) is 0 Å². The Labute approximate surface area is 196 Å². The predicted molar refractivity (Wildman–Crippen MR) is 134 cm³/mol. The molecule has 0 bridgehead atoms. The van der Waals surface area contributed by atoms with Gasteiger partial charge in [0, 0.05) is 11.1 Å². The van der Waals surface area contributed by atoms with E-state index in [1.807, 2.05) is 111 Å². The van der Waals surface area contributed by atoms with E-state index in [1.165, 1.54) is 0 Å². The molecule has 4 aromatic carbocycles. The summed E-state index contributed by atoms with van der Waals surface area (Å²) in [5.74, 6) is 0.400. The quantitative estimate of drug-likeness (QED) is 0.352. The van der Waals surface area contributed by atoms with Gasteiger partial charge in [-0.2, -0.15) is 0 Å². The van der Waals surface area contributed by atoms with Crippen molar-refractivity contribution in [2.45, 2.75) is 13.8 Å². The van der Waals surface area contributed by atoms with E-state index in [9.17, 15) is 9.00 Å². The van der Waals surface area contributed by atoms with Crippen molar-refractivity contribution in [3.05, 3.63) is 108 Å². The molecule has 33 heavy (non-hydrogen) atoms. The molecular formula is C27H24N2O3S. The number of nitrogens with one attached hydrogen (secondary N) is 2. The van der Waals surface area contributed by atoms with Crippen LogP contribution in [-0.4, -0.2) is 10.3 Å². The minimum absolute atomic E-state index is 0.400. The molecule has 0 spiro atoms. The molecule has 1 atom stereocenters. The van der Waals surface area contributed by atoms with Crippen LogP contribution in [0.5, 0.6) is 5.75 Å². The van der Waals surface area contributed by atoms with Crippen LogP contribution >= 0.6 is 0 Å². The number of anilines is 1. The van der Waals surface area contributed by atoms with E-state index in [-0.39, 0.29) is 0 Å². The molecule has 0 fully saturated rings. The Morgan fingerprint density at radius 1 is 0.697 bits per heavy atom. The fourth-order valence-corrected chi connectivity index (χ4v) is 4.37. The third kappa shape index (κ3) is 5.30. The molecule has 0 radical (unpaired) electrons. The summed E-state index contributed by atoms with van der Waals surface area (Å²) in [6.45, 7) is 3.82. The van der Waals surface area contributed by atoms with Gasteiger partial charge in [-0.05, 0) is 36.1 Å². The molecule has 6 heteroatoms. The molecule has 2 N–H and O–H groups in total. The van der Waals surface area contributed by atoms with Crippen molar-refractivity contribution in [2.75, 3.05) is 4.72 Å². The van der Waals surface area contributed by atoms with Gasteiger partial charge >= 0.3 is 6.09 Å². The molecule has 5 nitrogen and oxygen atoms in total. The van der Waals surface area contributed by atoms with Crippen LogP contribution in [0.1, 0.15) is 11.1 Å². The number of para-hydroxylation sites is 2. The Morgan fingerprint density at radius 2 is 1.18 bits per heavy atom. The zero-order valence-corrected chi connectivity index (χ0v) is 19.2. The summed E-state index contributed by atoms with van der Waals surface area (Å²) in [6, 6.07) is 30.9. The molecule has 4 rings (SSSR count). The maximum atomic E-state index is 12.8. The van der Waals surface area contributed by atoms with Crippen LogP contribution in [-0.2, 0) is 11.2 Å². The fourth-order valence-electron chi connectivity index (χ4n) is 3.62. The van der Waals surface area contributed by atoms with E-state index in [4.69, 9.17) is 4.74 Å². The third-order valence-corrected chi connectivity index (χ3v) is 5.97. The van der Waals surface area contributed by atoms with Gasteiger partial charge in [-0.15, -0.1) is 0 Å². The lowest BCUT2D eigenvalue weighted by Crippen LogP contribution is -2.33. The Bertz CT molecular complexity index is 1210. The van der Waals surface area contributed by atoms with Crippen LogP contribution in [0.25, 0.3) is 22.3 Å². The number of rotatable bonds is 6. The minimum atomic E-state index is -1.87. The lowest BCUT2D eigenvalue weighted by molar-refractivity contribution is 0.207. The fraction of sp³-hybridized carbons (Fsp3) is 0.0741. The van der Waals surface area contributed by atoms with Crippen LogP contribution < -0.4 is 14.2 Å². The highest BCUT2D eigenvalue weighted by atomic mass is 32.2. The molecule has 0 aliphatic rings. The minimum Gasteiger partial charge on any atom is -0.408 e. The summed E-state index contributed by atoms with van der Waals surface area (Å²) < 4.78 is 23.6. The van der Waals surface area contributed by atoms with E-state index in [2.05, 4.69) is 9.44 Å². The smallest absolute Gasteiger partial charge is 0.408 e. The second-order valence-corrected chi connectivity index (χ2v) is 8.49. The van der Waals surface area contributed by atoms with Gasteiger partial charge in [-0.1, -0.05) is 97.1 Å². The SMILES string of the molecule is Cc1cccc(C)c1NS(=O)NC(=O)Oc1c(-c2ccccc2)cccc1-c1ccccc1. The number of ether oxygens (including phenoxy) is 1. The summed E-state index contributed by atoms with van der Waals surface area (Å²) in [5.41, 5.74) is 5.92. The maximum Gasteiger partial charge on any atom is 0.425 e. The Hall–Kier alpha value is -3.90. The van der Waals surface area contributed by atoms with Gasteiger partial charge < -0.3 is 4.74 Å². The molecule has 1 amide bonds. The second kappa shape index (κ2) is 10.1. The average molecular weight is 457 g/mol. The summed E-state index contributed by atoms with van der Waals surface area (Å²) in [5, 5.41) is 0. The Kier molecular flexibility index (Phi) is 6.86. The van der Waals surface area contributed by atoms with Gasteiger partial charge in [0.2, 0.25) is 11.2 Å². The van der Waals surface area contributed by atoms with Crippen molar-refractivity contribution < 1.29 is 13.7 Å². The second-order valence-electron chi connectivity index (χ2n) is 7.54. The number of hydrogen-bond acceptors (Lipinski definition) is 3. The normalized spacial score (nSPS) is 11.5. The molecule has 0 saturated heterocycles. The largest absolute Gasteiger partial charge is 0.425 e. The first-order valence-electron chi connectivity index (χ1n) is 10.5. The first-order valence-corrected chi connectivity index (χ1v) is 11.6. The molecule has 166 valence electrons. The van der Waals surface area contributed by atoms with Crippen LogP contribution in [0.4, 0.5) is 10.5 Å². The topological polar surface area (TPSA) is 67.4 Å². The lowest BCUT2D eigenvalue weighted by Gasteiger charge is -2.16. The Balaban J connectivity index is 1.62. The summed E-state index contributed by atoms with van der Waals surface area (Å²) in [4.78, 5) is 12.8. The van der Waals surface area contributed by atoms with Crippen molar-refractivity contribution >= 4 is 23.0 Å². The monoisotopic (exact) mass is 456 g/mol. The number of benzene rings is 4. The first-order chi connectivity index (χ1) is 16.0. The van der Waals surface area contributed by atoms with Gasteiger partial charge in [0.15, 0.2) is 0 Å². The van der Waals surface area contributed by atoms with Gasteiger partial charge in [0.05, 0.1) is 5.69 Å². The van der Waals surface area contributed by atoms with Crippen LogP contribution in [0.2, 0.25) is 0 Å². The number of carbonyl (C=O) groups excluding carboxylic acids is 1. The highest BCUT2D eigenvalue weighted by molar-refractivity contribution is 7.85. The maximum absolute atomic E-state index is 12.8. The molecule has 4 aromatic rings. The van der Waals surface area contributed by atoms with E-state index >= 15 is 0 Å². The van der Waals surface area contributed by atoms with E-state index < -0.39 is 17.3 Å². The molecule has 1 unspecified atom stereocenters. The molecule has 0 aromatic heterocycles. The van der Waals surface area contributed by atoms with Gasteiger partial charge in [-0.3, -0.25) is 4.72 Å². The highest BCUT2D eigenvalue weighted by Crippen LogP contribution is 2.39. The summed E-state index contributed by atoms with van der Waals surface area (Å²) >= 11 is -1.87. The molecule has 0 saturated carbocycles. The number of amides is 1. The summed E-state index contributed by atoms with van der Waals surface area (Å²) in [7, 11) is 0. The van der Waals surface area contributed by atoms with Crippen molar-refractivity contribution in [3.63, 3.8) is 0 Å². The molecular weight excluding hydrogens is 432 g/mol. The van der Waals surface area contributed by atoms with Crippen molar-refractivity contribution in [1.82, 2.24) is 4.72 Å². The third-order valence-electron chi connectivity index (χ3n) is 5.23. The van der Waals surface area contributed by atoms with Gasteiger partial charge in [0.25, 0.3) is 0 Å². The molecule has 0 aliphatic carbocycles. The number of aryl methyl sites for hydroxylation is 2. The van der Waals surface area contributed by atoms with E-state index in [1.54, 1.807) is 0 Å². The van der Waals surface area contributed by atoms with Crippen LogP contribution in [0.15, 0.2) is 97.1 Å². The van der Waals surface area contributed by atoms with Crippen LogP contribution in [0.3, 0.4) is 0 Å². The molecule has 0 aliphatic heterocycles. The average Bonchev–Trinajstić information content (AvgIpc) is 2.83. The molecule has 0 heterocycles. The van der Waals surface area contributed by atoms with Gasteiger partial charge in [0.1, 0.15) is 5.75 Å². The number of hydrogen-bond donors (Lipinski definition) is 2. The van der Waals surface area contributed by atoms with Crippen molar-refractivity contribution in [3.8, 4) is 28.0 Å². The zero-order valence-electron chi connectivity index (χ0n) is 18.4. The predicted octanol–water partition coefficient (Wildman–Crippen LogP) is 6.42. The van der Waals surface area contributed by atoms with E-state index in [0.717, 1.165) is 33.4 Å². The summed E-state index contributed by atoms with van der Waals surface area (Å²) in [6.07, 6.45) is -0.812.